The van der Waals surface area contributed by atoms with Crippen LogP contribution in [0.3, 0.4) is 0 Å². The van der Waals surface area contributed by atoms with Gasteiger partial charge in [-0.3, -0.25) is 30.0 Å². The fraction of sp³-hybridized carbons (Fsp3) is 0.444. The molecule has 196 valence electrons. The zero-order chi connectivity index (χ0) is 25.9. The standard InChI is InChI=1S/C27H32FN5O4/c1-37-21-4-2-3-19(15-21)26(35)30-33-13-11-31(12-14-33)20-9-10-32(17-20)24-7-5-18(16-23(24)28)22-6-8-25(34)29-27(22)36/h2-5,7,15-16,20,22H,6,8-14,17H2,1H3,(H,30,35)(H,29,34,36). The summed E-state index contributed by atoms with van der Waals surface area (Å²) in [7, 11) is 1.57. The first kappa shape index (κ1) is 25.2. The van der Waals surface area contributed by atoms with Gasteiger partial charge in [0.05, 0.1) is 18.7 Å². The molecule has 2 N–H and O–H groups in total. The first-order valence-electron chi connectivity index (χ1n) is 12.7. The van der Waals surface area contributed by atoms with Crippen LogP contribution in [0.15, 0.2) is 42.5 Å². The highest BCUT2D eigenvalue weighted by molar-refractivity contribution is 6.01. The minimum atomic E-state index is -0.492. The summed E-state index contributed by atoms with van der Waals surface area (Å²) in [6, 6.07) is 12.4. The van der Waals surface area contributed by atoms with Gasteiger partial charge in [0.2, 0.25) is 11.8 Å². The Balaban J connectivity index is 1.13. The van der Waals surface area contributed by atoms with Crippen LogP contribution < -0.4 is 20.4 Å². The van der Waals surface area contributed by atoms with Crippen molar-refractivity contribution >= 4 is 23.4 Å². The molecular weight excluding hydrogens is 477 g/mol. The van der Waals surface area contributed by atoms with Gasteiger partial charge in [-0.2, -0.15) is 0 Å². The van der Waals surface area contributed by atoms with Gasteiger partial charge in [0.15, 0.2) is 0 Å². The van der Waals surface area contributed by atoms with Gasteiger partial charge in [0.25, 0.3) is 5.91 Å². The summed E-state index contributed by atoms with van der Waals surface area (Å²) in [5, 5.41) is 4.28. The van der Waals surface area contributed by atoms with Crippen molar-refractivity contribution in [2.24, 2.45) is 0 Å². The normalized spacial score (nSPS) is 23.1. The Morgan fingerprint density at radius 2 is 1.86 bits per heavy atom. The van der Waals surface area contributed by atoms with Crippen LogP contribution in [0.2, 0.25) is 0 Å². The molecule has 3 saturated heterocycles. The fourth-order valence-corrected chi connectivity index (χ4v) is 5.44. The van der Waals surface area contributed by atoms with Crippen LogP contribution in [0.4, 0.5) is 10.1 Å². The molecule has 3 aliphatic rings. The molecule has 0 radical (unpaired) electrons. The second-order valence-electron chi connectivity index (χ2n) is 9.80. The lowest BCUT2D eigenvalue weighted by molar-refractivity contribution is -0.134. The molecule has 9 nitrogen and oxygen atoms in total. The molecule has 3 fully saturated rings. The number of hydrogen-bond donors (Lipinski definition) is 2. The summed E-state index contributed by atoms with van der Waals surface area (Å²) in [6.07, 6.45) is 1.61. The molecule has 2 atom stereocenters. The van der Waals surface area contributed by atoms with Crippen LogP contribution in [0.1, 0.15) is 41.1 Å². The number of piperidine rings is 1. The Kier molecular flexibility index (Phi) is 7.38. The smallest absolute Gasteiger partial charge is 0.265 e. The van der Waals surface area contributed by atoms with Gasteiger partial charge < -0.3 is 9.64 Å². The summed E-state index contributed by atoms with van der Waals surface area (Å²) < 4.78 is 20.3. The van der Waals surface area contributed by atoms with Crippen LogP contribution in [-0.2, 0) is 9.59 Å². The summed E-state index contributed by atoms with van der Waals surface area (Å²) in [4.78, 5) is 40.6. The number of carbonyl (C=O) groups is 3. The van der Waals surface area contributed by atoms with Crippen molar-refractivity contribution in [2.45, 2.75) is 31.2 Å². The van der Waals surface area contributed by atoms with Crippen molar-refractivity contribution in [1.29, 1.82) is 0 Å². The van der Waals surface area contributed by atoms with E-state index in [4.69, 9.17) is 4.74 Å². The molecule has 37 heavy (non-hydrogen) atoms. The minimum absolute atomic E-state index is 0.157. The maximum absolute atomic E-state index is 15.1. The second kappa shape index (κ2) is 10.9. The fourth-order valence-electron chi connectivity index (χ4n) is 5.44. The van der Waals surface area contributed by atoms with Crippen LogP contribution in [0.25, 0.3) is 0 Å². The van der Waals surface area contributed by atoms with E-state index in [0.29, 0.717) is 48.1 Å². The number of anilines is 1. The number of piperazine rings is 1. The van der Waals surface area contributed by atoms with Crippen LogP contribution in [0.5, 0.6) is 5.75 Å². The third-order valence-corrected chi connectivity index (χ3v) is 7.54. The van der Waals surface area contributed by atoms with Crippen molar-refractivity contribution < 1.29 is 23.5 Å². The molecule has 3 amide bonds. The first-order chi connectivity index (χ1) is 17.9. The molecule has 0 aromatic heterocycles. The molecule has 3 heterocycles. The number of halogens is 1. The van der Waals surface area contributed by atoms with Crippen molar-refractivity contribution in [3.8, 4) is 5.75 Å². The zero-order valence-corrected chi connectivity index (χ0v) is 20.9. The molecule has 2 aromatic carbocycles. The quantitative estimate of drug-likeness (QED) is 0.575. The van der Waals surface area contributed by atoms with Gasteiger partial charge in [-0.15, -0.1) is 0 Å². The van der Waals surface area contributed by atoms with E-state index >= 15 is 4.39 Å². The number of imide groups is 1. The molecule has 0 aliphatic carbocycles. The Morgan fingerprint density at radius 1 is 1.05 bits per heavy atom. The van der Waals surface area contributed by atoms with E-state index in [0.717, 1.165) is 32.6 Å². The number of hydrazine groups is 1. The molecule has 10 heteroatoms. The number of hydrogen-bond acceptors (Lipinski definition) is 7. The molecule has 0 spiro atoms. The number of amides is 3. The lowest BCUT2D eigenvalue weighted by Gasteiger charge is -2.38. The SMILES string of the molecule is COc1cccc(C(=O)NN2CCN(C3CCN(c4ccc(C5CCC(=O)NC5=O)cc4F)C3)CC2)c1. The molecule has 0 saturated carbocycles. The highest BCUT2D eigenvalue weighted by atomic mass is 19.1. The Morgan fingerprint density at radius 3 is 2.59 bits per heavy atom. The van der Waals surface area contributed by atoms with E-state index in [1.54, 1.807) is 43.5 Å². The van der Waals surface area contributed by atoms with Crippen molar-refractivity contribution in [1.82, 2.24) is 20.7 Å². The number of nitrogens with zero attached hydrogens (tertiary/aromatic N) is 3. The van der Waals surface area contributed by atoms with E-state index in [-0.39, 0.29) is 30.0 Å². The summed E-state index contributed by atoms with van der Waals surface area (Å²) in [5.41, 5.74) is 4.69. The minimum Gasteiger partial charge on any atom is -0.497 e. The van der Waals surface area contributed by atoms with Gasteiger partial charge >= 0.3 is 0 Å². The Hall–Kier alpha value is -3.50. The first-order valence-corrected chi connectivity index (χ1v) is 12.7. The van der Waals surface area contributed by atoms with Crippen molar-refractivity contribution in [3.63, 3.8) is 0 Å². The van der Waals surface area contributed by atoms with Gasteiger partial charge in [0.1, 0.15) is 11.6 Å². The average molecular weight is 510 g/mol. The molecule has 5 rings (SSSR count). The van der Waals surface area contributed by atoms with Gasteiger partial charge in [-0.05, 0) is 48.7 Å². The second-order valence-corrected chi connectivity index (χ2v) is 9.80. The van der Waals surface area contributed by atoms with Gasteiger partial charge in [-0.1, -0.05) is 12.1 Å². The number of carbonyl (C=O) groups excluding carboxylic acids is 3. The highest BCUT2D eigenvalue weighted by Gasteiger charge is 2.33. The van der Waals surface area contributed by atoms with E-state index in [9.17, 15) is 14.4 Å². The number of ether oxygens (including phenoxy) is 1. The number of nitrogens with one attached hydrogen (secondary N) is 2. The predicted octanol–water partition coefficient (Wildman–Crippen LogP) is 1.90. The predicted molar refractivity (Wildman–Crippen MR) is 136 cm³/mol. The maximum atomic E-state index is 15.1. The third-order valence-electron chi connectivity index (χ3n) is 7.54. The van der Waals surface area contributed by atoms with Crippen LogP contribution >= 0.6 is 0 Å². The van der Waals surface area contributed by atoms with E-state index < -0.39 is 5.92 Å². The third kappa shape index (κ3) is 5.60. The Labute approximate surface area is 215 Å². The van der Waals surface area contributed by atoms with Crippen LogP contribution in [0, 0.1) is 5.82 Å². The van der Waals surface area contributed by atoms with E-state index in [1.165, 1.54) is 6.07 Å². The average Bonchev–Trinajstić information content (AvgIpc) is 3.39. The van der Waals surface area contributed by atoms with E-state index in [2.05, 4.69) is 20.5 Å². The van der Waals surface area contributed by atoms with Crippen LogP contribution in [-0.4, -0.2) is 80.1 Å². The summed E-state index contributed by atoms with van der Waals surface area (Å²) >= 11 is 0. The largest absolute Gasteiger partial charge is 0.497 e. The topological polar surface area (TPSA) is 94.2 Å². The monoisotopic (exact) mass is 509 g/mol. The molecule has 0 bridgehead atoms. The zero-order valence-electron chi connectivity index (χ0n) is 20.9. The maximum Gasteiger partial charge on any atom is 0.265 e. The van der Waals surface area contributed by atoms with Crippen molar-refractivity contribution in [3.05, 3.63) is 59.4 Å². The molecule has 2 unspecified atom stereocenters. The van der Waals surface area contributed by atoms with E-state index in [1.807, 2.05) is 5.01 Å². The molecule has 2 aromatic rings. The molecule has 3 aliphatic heterocycles. The summed E-state index contributed by atoms with van der Waals surface area (Å²) in [6.45, 7) is 4.53. The summed E-state index contributed by atoms with van der Waals surface area (Å²) in [5.74, 6) is -0.980. The van der Waals surface area contributed by atoms with Crippen molar-refractivity contribution in [2.75, 3.05) is 51.3 Å². The lowest BCUT2D eigenvalue weighted by atomic mass is 9.90. The number of rotatable bonds is 6. The molecular formula is C27H32FN5O4. The van der Waals surface area contributed by atoms with Gasteiger partial charge in [0, 0.05) is 57.3 Å². The lowest BCUT2D eigenvalue weighted by Crippen LogP contribution is -2.56. The highest BCUT2D eigenvalue weighted by Crippen LogP contribution is 2.31. The number of methoxy groups -OCH3 is 1. The number of benzene rings is 2. The van der Waals surface area contributed by atoms with Gasteiger partial charge in [-0.25, -0.2) is 9.40 Å². The Bertz CT molecular complexity index is 1180.